The number of nitrogens with zero attached hydrogens (tertiary/aromatic N) is 2. The van der Waals surface area contributed by atoms with E-state index in [9.17, 15) is 13.2 Å². The molecule has 1 aromatic heterocycles. The number of alkyl halides is 3. The maximum absolute atomic E-state index is 12.9. The van der Waals surface area contributed by atoms with Crippen molar-refractivity contribution in [2.45, 2.75) is 12.6 Å². The third kappa shape index (κ3) is 2.77. The first-order valence-electron chi connectivity index (χ1n) is 5.59. The maximum Gasteiger partial charge on any atom is 0.419 e. The van der Waals surface area contributed by atoms with Crippen LogP contribution in [0.25, 0.3) is 0 Å². The van der Waals surface area contributed by atoms with Gasteiger partial charge < -0.3 is 10.6 Å². The van der Waals surface area contributed by atoms with Gasteiger partial charge in [0.05, 0.1) is 5.56 Å². The van der Waals surface area contributed by atoms with E-state index in [0.29, 0.717) is 24.1 Å². The Morgan fingerprint density at radius 3 is 2.78 bits per heavy atom. The standard InChI is InChI=1S/C11H13BrF3N3/c12-8-3-9(11(13,14)15)10(17-5-8)18-2-1-7(4-16)6-18/h3,5,7H,1-2,4,6,16H2. The van der Waals surface area contributed by atoms with Crippen molar-refractivity contribution in [2.24, 2.45) is 11.7 Å². The second kappa shape index (κ2) is 5.05. The van der Waals surface area contributed by atoms with Gasteiger partial charge in [-0.25, -0.2) is 4.98 Å². The molecular weight excluding hydrogens is 311 g/mol. The monoisotopic (exact) mass is 323 g/mol. The highest BCUT2D eigenvalue weighted by Crippen LogP contribution is 2.38. The van der Waals surface area contributed by atoms with Crippen LogP contribution in [-0.2, 0) is 6.18 Å². The number of hydrogen-bond acceptors (Lipinski definition) is 3. The molecule has 1 aromatic rings. The topological polar surface area (TPSA) is 42.1 Å². The fraction of sp³-hybridized carbons (Fsp3) is 0.545. The summed E-state index contributed by atoms with van der Waals surface area (Å²) in [7, 11) is 0. The average Bonchev–Trinajstić information content (AvgIpc) is 2.76. The van der Waals surface area contributed by atoms with Gasteiger partial charge in [0, 0.05) is 23.8 Å². The Morgan fingerprint density at radius 2 is 2.22 bits per heavy atom. The van der Waals surface area contributed by atoms with E-state index >= 15 is 0 Å². The fourth-order valence-electron chi connectivity index (χ4n) is 2.11. The highest BCUT2D eigenvalue weighted by molar-refractivity contribution is 9.10. The second-order valence-electron chi connectivity index (χ2n) is 4.36. The lowest BCUT2D eigenvalue weighted by Gasteiger charge is -2.22. The van der Waals surface area contributed by atoms with Crippen LogP contribution in [0.1, 0.15) is 12.0 Å². The Morgan fingerprint density at radius 1 is 1.50 bits per heavy atom. The zero-order valence-electron chi connectivity index (χ0n) is 9.54. The average molecular weight is 324 g/mol. The predicted molar refractivity (Wildman–Crippen MR) is 66.3 cm³/mol. The van der Waals surface area contributed by atoms with Gasteiger partial charge in [-0.3, -0.25) is 0 Å². The molecule has 3 nitrogen and oxygen atoms in total. The molecule has 0 saturated carbocycles. The lowest BCUT2D eigenvalue weighted by molar-refractivity contribution is -0.137. The molecule has 0 aromatic carbocycles. The van der Waals surface area contributed by atoms with Crippen LogP contribution in [0, 0.1) is 5.92 Å². The summed E-state index contributed by atoms with van der Waals surface area (Å²) in [6, 6.07) is 1.07. The van der Waals surface area contributed by atoms with E-state index in [1.165, 1.54) is 6.20 Å². The van der Waals surface area contributed by atoms with Crippen LogP contribution in [0.4, 0.5) is 19.0 Å². The van der Waals surface area contributed by atoms with Crippen molar-refractivity contribution in [3.8, 4) is 0 Å². The molecule has 0 amide bonds. The van der Waals surface area contributed by atoms with Crippen molar-refractivity contribution in [2.75, 3.05) is 24.5 Å². The van der Waals surface area contributed by atoms with Gasteiger partial charge in [-0.2, -0.15) is 13.2 Å². The van der Waals surface area contributed by atoms with E-state index in [2.05, 4.69) is 20.9 Å². The molecule has 1 unspecified atom stereocenters. The number of aromatic nitrogens is 1. The van der Waals surface area contributed by atoms with Crippen molar-refractivity contribution >= 4 is 21.7 Å². The van der Waals surface area contributed by atoms with Crippen LogP contribution >= 0.6 is 15.9 Å². The normalized spacial score (nSPS) is 20.5. The summed E-state index contributed by atoms with van der Waals surface area (Å²) in [6.45, 7) is 1.60. The van der Waals surface area contributed by atoms with Crippen molar-refractivity contribution in [1.29, 1.82) is 0 Å². The van der Waals surface area contributed by atoms with Gasteiger partial charge >= 0.3 is 6.18 Å². The van der Waals surface area contributed by atoms with Crippen molar-refractivity contribution < 1.29 is 13.2 Å². The summed E-state index contributed by atoms with van der Waals surface area (Å²) < 4.78 is 39.2. The molecule has 2 N–H and O–H groups in total. The van der Waals surface area contributed by atoms with Gasteiger partial charge in [0.25, 0.3) is 0 Å². The number of hydrogen-bond donors (Lipinski definition) is 1. The van der Waals surface area contributed by atoms with E-state index in [-0.39, 0.29) is 11.7 Å². The van der Waals surface area contributed by atoms with E-state index < -0.39 is 11.7 Å². The molecule has 2 rings (SSSR count). The maximum atomic E-state index is 12.9. The minimum absolute atomic E-state index is 0.00153. The van der Waals surface area contributed by atoms with E-state index in [1.54, 1.807) is 4.90 Å². The molecule has 18 heavy (non-hydrogen) atoms. The van der Waals surface area contributed by atoms with Gasteiger partial charge in [0.15, 0.2) is 0 Å². The van der Waals surface area contributed by atoms with Gasteiger partial charge in [-0.1, -0.05) is 0 Å². The zero-order valence-corrected chi connectivity index (χ0v) is 11.1. The molecule has 1 fully saturated rings. The van der Waals surface area contributed by atoms with Gasteiger partial charge in [-0.05, 0) is 40.9 Å². The Balaban J connectivity index is 2.33. The van der Waals surface area contributed by atoms with E-state index in [0.717, 1.165) is 12.5 Å². The van der Waals surface area contributed by atoms with E-state index in [1.807, 2.05) is 0 Å². The van der Waals surface area contributed by atoms with Gasteiger partial charge in [0.2, 0.25) is 0 Å². The smallest absolute Gasteiger partial charge is 0.356 e. The van der Waals surface area contributed by atoms with Gasteiger partial charge in [0.1, 0.15) is 5.82 Å². The first-order valence-corrected chi connectivity index (χ1v) is 6.39. The quantitative estimate of drug-likeness (QED) is 0.909. The Labute approximate surface area is 111 Å². The summed E-state index contributed by atoms with van der Waals surface area (Å²) in [5.41, 5.74) is 4.85. The molecule has 0 spiro atoms. The number of rotatable bonds is 2. The minimum atomic E-state index is -4.40. The van der Waals surface area contributed by atoms with Crippen LogP contribution < -0.4 is 10.6 Å². The molecule has 2 heterocycles. The number of halogens is 4. The fourth-order valence-corrected chi connectivity index (χ4v) is 2.44. The Hall–Kier alpha value is -0.820. The minimum Gasteiger partial charge on any atom is -0.356 e. The van der Waals surface area contributed by atoms with Crippen LogP contribution in [0.2, 0.25) is 0 Å². The molecule has 0 bridgehead atoms. The Bertz CT molecular complexity index is 436. The molecule has 100 valence electrons. The third-order valence-corrected chi connectivity index (χ3v) is 3.49. The van der Waals surface area contributed by atoms with Crippen LogP contribution in [0.3, 0.4) is 0 Å². The number of pyridine rings is 1. The summed E-state index contributed by atoms with van der Waals surface area (Å²) in [4.78, 5) is 5.57. The number of nitrogens with two attached hydrogens (primary N) is 1. The van der Waals surface area contributed by atoms with Crippen LogP contribution in [-0.4, -0.2) is 24.6 Å². The van der Waals surface area contributed by atoms with Gasteiger partial charge in [-0.15, -0.1) is 0 Å². The predicted octanol–water partition coefficient (Wildman–Crippen LogP) is 2.65. The highest BCUT2D eigenvalue weighted by Gasteiger charge is 2.37. The molecule has 0 radical (unpaired) electrons. The van der Waals surface area contributed by atoms with Crippen molar-refractivity contribution in [3.05, 3.63) is 22.3 Å². The van der Waals surface area contributed by atoms with E-state index in [4.69, 9.17) is 5.73 Å². The number of anilines is 1. The highest BCUT2D eigenvalue weighted by atomic mass is 79.9. The third-order valence-electron chi connectivity index (χ3n) is 3.06. The van der Waals surface area contributed by atoms with Crippen LogP contribution in [0.15, 0.2) is 16.7 Å². The van der Waals surface area contributed by atoms with Crippen LogP contribution in [0.5, 0.6) is 0 Å². The zero-order chi connectivity index (χ0) is 13.3. The molecule has 1 atom stereocenters. The lowest BCUT2D eigenvalue weighted by atomic mass is 10.1. The summed E-state index contributed by atoms with van der Waals surface area (Å²) in [5.74, 6) is 0.248. The Kier molecular flexibility index (Phi) is 3.82. The molecule has 1 saturated heterocycles. The molecule has 7 heteroatoms. The molecule has 1 aliphatic heterocycles. The summed E-state index contributed by atoms with van der Waals surface area (Å²) in [5, 5.41) is 0. The summed E-state index contributed by atoms with van der Waals surface area (Å²) in [6.07, 6.45) is -2.20. The van der Waals surface area contributed by atoms with Crippen molar-refractivity contribution in [3.63, 3.8) is 0 Å². The first kappa shape index (κ1) is 13.6. The largest absolute Gasteiger partial charge is 0.419 e. The first-order chi connectivity index (χ1) is 8.41. The molecule has 0 aliphatic carbocycles. The SMILES string of the molecule is NCC1CCN(c2ncc(Br)cc2C(F)(F)F)C1. The second-order valence-corrected chi connectivity index (χ2v) is 5.27. The van der Waals surface area contributed by atoms with Crippen molar-refractivity contribution in [1.82, 2.24) is 4.98 Å². The molecule has 1 aliphatic rings. The summed E-state index contributed by atoms with van der Waals surface area (Å²) >= 11 is 3.02. The lowest BCUT2D eigenvalue weighted by Crippen LogP contribution is -2.26. The molecular formula is C11H13BrF3N3.